The van der Waals surface area contributed by atoms with Crippen molar-refractivity contribution in [3.05, 3.63) is 77.1 Å². The standard InChI is InChI=1S/C17H15FO3/c18-16-8-6-15(14(10-16)7-9-17(19)20)12-21-11-13-4-2-1-3-5-13/h1-10H,11-12H2,(H,19,20). The molecule has 1 N–H and O–H groups in total. The van der Waals surface area contributed by atoms with E-state index < -0.39 is 11.8 Å². The van der Waals surface area contributed by atoms with E-state index in [0.29, 0.717) is 12.2 Å². The topological polar surface area (TPSA) is 46.5 Å². The van der Waals surface area contributed by atoms with Crippen LogP contribution in [0, 0.1) is 5.82 Å². The normalized spacial score (nSPS) is 10.9. The number of carboxylic acids is 1. The number of benzene rings is 2. The van der Waals surface area contributed by atoms with Crippen molar-refractivity contribution in [2.24, 2.45) is 0 Å². The van der Waals surface area contributed by atoms with Gasteiger partial charge in [-0.3, -0.25) is 0 Å². The Hall–Kier alpha value is -2.46. The highest BCUT2D eigenvalue weighted by Crippen LogP contribution is 2.15. The van der Waals surface area contributed by atoms with Crippen LogP contribution in [0.5, 0.6) is 0 Å². The minimum absolute atomic E-state index is 0.286. The van der Waals surface area contributed by atoms with Crippen molar-refractivity contribution in [3.8, 4) is 0 Å². The highest BCUT2D eigenvalue weighted by Gasteiger charge is 2.03. The molecule has 2 rings (SSSR count). The molecule has 0 fully saturated rings. The maximum absolute atomic E-state index is 13.2. The third kappa shape index (κ3) is 4.85. The van der Waals surface area contributed by atoms with E-state index in [9.17, 15) is 9.18 Å². The van der Waals surface area contributed by atoms with Gasteiger partial charge < -0.3 is 9.84 Å². The second-order valence-corrected chi connectivity index (χ2v) is 4.49. The lowest BCUT2D eigenvalue weighted by molar-refractivity contribution is -0.131. The zero-order chi connectivity index (χ0) is 15.1. The number of ether oxygens (including phenoxy) is 1. The first-order chi connectivity index (χ1) is 10.1. The van der Waals surface area contributed by atoms with Crippen LogP contribution in [0.2, 0.25) is 0 Å². The van der Waals surface area contributed by atoms with Gasteiger partial charge in [0, 0.05) is 6.08 Å². The molecule has 2 aromatic carbocycles. The molecule has 0 aliphatic carbocycles. The van der Waals surface area contributed by atoms with Crippen molar-refractivity contribution in [1.29, 1.82) is 0 Å². The molecule has 0 saturated carbocycles. The van der Waals surface area contributed by atoms with Crippen LogP contribution >= 0.6 is 0 Å². The van der Waals surface area contributed by atoms with Crippen LogP contribution in [0.15, 0.2) is 54.6 Å². The molecule has 0 saturated heterocycles. The van der Waals surface area contributed by atoms with E-state index in [1.165, 1.54) is 18.2 Å². The molecule has 4 heteroatoms. The average Bonchev–Trinajstić information content (AvgIpc) is 2.48. The Morgan fingerprint density at radius 2 is 1.90 bits per heavy atom. The molecule has 0 radical (unpaired) electrons. The first-order valence-corrected chi connectivity index (χ1v) is 6.46. The van der Waals surface area contributed by atoms with Gasteiger partial charge in [-0.05, 0) is 34.9 Å². The van der Waals surface area contributed by atoms with E-state index in [1.807, 2.05) is 30.3 Å². The molecule has 0 aliphatic heterocycles. The van der Waals surface area contributed by atoms with Gasteiger partial charge in [-0.15, -0.1) is 0 Å². The summed E-state index contributed by atoms with van der Waals surface area (Å²) >= 11 is 0. The van der Waals surface area contributed by atoms with Gasteiger partial charge in [0.15, 0.2) is 0 Å². The van der Waals surface area contributed by atoms with Crippen molar-refractivity contribution >= 4 is 12.0 Å². The number of carbonyl (C=O) groups is 1. The molecule has 0 amide bonds. The van der Waals surface area contributed by atoms with Crippen molar-refractivity contribution in [1.82, 2.24) is 0 Å². The molecule has 21 heavy (non-hydrogen) atoms. The van der Waals surface area contributed by atoms with E-state index in [-0.39, 0.29) is 6.61 Å². The summed E-state index contributed by atoms with van der Waals surface area (Å²) in [5.41, 5.74) is 2.29. The fourth-order valence-electron chi connectivity index (χ4n) is 1.87. The second kappa shape index (κ2) is 7.36. The summed E-state index contributed by atoms with van der Waals surface area (Å²) in [5.74, 6) is -1.48. The first-order valence-electron chi connectivity index (χ1n) is 6.46. The summed E-state index contributed by atoms with van der Waals surface area (Å²) in [5, 5.41) is 8.65. The predicted molar refractivity (Wildman–Crippen MR) is 78.0 cm³/mol. The number of hydrogen-bond donors (Lipinski definition) is 1. The van der Waals surface area contributed by atoms with Gasteiger partial charge in [-0.2, -0.15) is 0 Å². The quantitative estimate of drug-likeness (QED) is 0.825. The number of rotatable bonds is 6. The van der Waals surface area contributed by atoms with E-state index in [4.69, 9.17) is 9.84 Å². The van der Waals surface area contributed by atoms with E-state index >= 15 is 0 Å². The third-order valence-corrected chi connectivity index (χ3v) is 2.88. The lowest BCUT2D eigenvalue weighted by Crippen LogP contribution is -1.97. The maximum atomic E-state index is 13.2. The fourth-order valence-corrected chi connectivity index (χ4v) is 1.87. The van der Waals surface area contributed by atoms with Crippen LogP contribution < -0.4 is 0 Å². The Morgan fingerprint density at radius 3 is 2.62 bits per heavy atom. The molecule has 0 aromatic heterocycles. The lowest BCUT2D eigenvalue weighted by Gasteiger charge is -2.08. The van der Waals surface area contributed by atoms with Gasteiger partial charge in [0.1, 0.15) is 5.82 Å². The van der Waals surface area contributed by atoms with Crippen molar-refractivity contribution in [2.75, 3.05) is 0 Å². The number of aliphatic carboxylic acids is 1. The Bertz CT molecular complexity index is 636. The van der Waals surface area contributed by atoms with Gasteiger partial charge in [-0.25, -0.2) is 9.18 Å². The molecule has 0 spiro atoms. The monoisotopic (exact) mass is 286 g/mol. The Balaban J connectivity index is 2.03. The Labute approximate surface area is 122 Å². The zero-order valence-corrected chi connectivity index (χ0v) is 11.3. The van der Waals surface area contributed by atoms with Gasteiger partial charge in [-0.1, -0.05) is 36.4 Å². The Kier molecular flexibility index (Phi) is 5.23. The van der Waals surface area contributed by atoms with Crippen molar-refractivity contribution < 1.29 is 19.0 Å². The Morgan fingerprint density at radius 1 is 1.14 bits per heavy atom. The van der Waals surface area contributed by atoms with Gasteiger partial charge in [0.25, 0.3) is 0 Å². The molecular formula is C17H15FO3. The maximum Gasteiger partial charge on any atom is 0.328 e. The van der Waals surface area contributed by atoms with Crippen LogP contribution in [0.25, 0.3) is 6.08 Å². The summed E-state index contributed by atoms with van der Waals surface area (Å²) in [6, 6.07) is 13.9. The van der Waals surface area contributed by atoms with Crippen LogP contribution in [0.1, 0.15) is 16.7 Å². The lowest BCUT2D eigenvalue weighted by atomic mass is 10.1. The number of hydrogen-bond acceptors (Lipinski definition) is 2. The summed E-state index contributed by atoms with van der Waals surface area (Å²) < 4.78 is 18.8. The number of carboxylic acid groups (broad SMARTS) is 1. The fraction of sp³-hybridized carbons (Fsp3) is 0.118. The molecular weight excluding hydrogens is 271 g/mol. The summed E-state index contributed by atoms with van der Waals surface area (Å²) in [6.45, 7) is 0.731. The summed E-state index contributed by atoms with van der Waals surface area (Å²) in [6.07, 6.45) is 2.35. The molecule has 0 heterocycles. The SMILES string of the molecule is O=C(O)C=Cc1cc(F)ccc1COCc1ccccc1. The van der Waals surface area contributed by atoms with Crippen LogP contribution in [0.3, 0.4) is 0 Å². The zero-order valence-electron chi connectivity index (χ0n) is 11.3. The van der Waals surface area contributed by atoms with Crippen molar-refractivity contribution in [3.63, 3.8) is 0 Å². The molecule has 0 unspecified atom stereocenters. The average molecular weight is 286 g/mol. The second-order valence-electron chi connectivity index (χ2n) is 4.49. The van der Waals surface area contributed by atoms with Gasteiger partial charge in [0.2, 0.25) is 0 Å². The van der Waals surface area contributed by atoms with Gasteiger partial charge in [0.05, 0.1) is 13.2 Å². The third-order valence-electron chi connectivity index (χ3n) is 2.88. The summed E-state index contributed by atoms with van der Waals surface area (Å²) in [4.78, 5) is 10.6. The van der Waals surface area contributed by atoms with E-state index in [2.05, 4.69) is 0 Å². The molecule has 0 bridgehead atoms. The first kappa shape index (κ1) is 14.9. The molecule has 0 atom stereocenters. The number of halogens is 1. The van der Waals surface area contributed by atoms with Crippen LogP contribution in [-0.4, -0.2) is 11.1 Å². The summed E-state index contributed by atoms with van der Waals surface area (Å²) in [7, 11) is 0. The van der Waals surface area contributed by atoms with Crippen LogP contribution in [0.4, 0.5) is 4.39 Å². The predicted octanol–water partition coefficient (Wildman–Crippen LogP) is 3.64. The molecule has 108 valence electrons. The molecule has 2 aromatic rings. The van der Waals surface area contributed by atoms with E-state index in [0.717, 1.165) is 17.2 Å². The minimum Gasteiger partial charge on any atom is -0.478 e. The van der Waals surface area contributed by atoms with E-state index in [1.54, 1.807) is 6.07 Å². The largest absolute Gasteiger partial charge is 0.478 e. The highest BCUT2D eigenvalue weighted by atomic mass is 19.1. The molecule has 3 nitrogen and oxygen atoms in total. The smallest absolute Gasteiger partial charge is 0.328 e. The minimum atomic E-state index is -1.07. The van der Waals surface area contributed by atoms with Crippen LogP contribution in [-0.2, 0) is 22.7 Å². The van der Waals surface area contributed by atoms with Gasteiger partial charge >= 0.3 is 5.97 Å². The molecule has 0 aliphatic rings. The highest BCUT2D eigenvalue weighted by molar-refractivity contribution is 5.85. The van der Waals surface area contributed by atoms with Crippen molar-refractivity contribution in [2.45, 2.75) is 13.2 Å².